The number of thiophene rings is 1. The van der Waals surface area contributed by atoms with E-state index in [9.17, 15) is 17.6 Å². The van der Waals surface area contributed by atoms with E-state index in [4.69, 9.17) is 0 Å². The average molecular weight is 409 g/mol. The molecule has 7 nitrogen and oxygen atoms in total. The minimum Gasteiger partial charge on any atom is -0.465 e. The van der Waals surface area contributed by atoms with Crippen LogP contribution in [0.3, 0.4) is 0 Å². The van der Waals surface area contributed by atoms with E-state index in [1.54, 1.807) is 13.8 Å². The summed E-state index contributed by atoms with van der Waals surface area (Å²) in [5, 5.41) is 5.53. The summed E-state index contributed by atoms with van der Waals surface area (Å²) in [6.07, 6.45) is 0. The van der Waals surface area contributed by atoms with Crippen molar-refractivity contribution in [3.63, 3.8) is 0 Å². The monoisotopic (exact) mass is 409 g/mol. The van der Waals surface area contributed by atoms with Crippen LogP contribution in [0.5, 0.6) is 0 Å². The normalized spacial score (nSPS) is 11.4. The molecule has 0 bridgehead atoms. The number of anilines is 1. The number of ether oxygens (including phenoxy) is 1. The van der Waals surface area contributed by atoms with Crippen molar-refractivity contribution >= 4 is 33.0 Å². The fourth-order valence-electron chi connectivity index (χ4n) is 2.50. The third-order valence-electron chi connectivity index (χ3n) is 3.71. The summed E-state index contributed by atoms with van der Waals surface area (Å²) in [6, 6.07) is 6.99. The minimum atomic E-state index is -3.97. The lowest BCUT2D eigenvalue weighted by Gasteiger charge is -2.10. The van der Waals surface area contributed by atoms with Crippen molar-refractivity contribution in [2.24, 2.45) is 0 Å². The summed E-state index contributed by atoms with van der Waals surface area (Å²) in [6.45, 7) is 3.60. The van der Waals surface area contributed by atoms with Crippen LogP contribution in [0.2, 0.25) is 0 Å². The number of hydrogen-bond acceptors (Lipinski definition) is 6. The van der Waals surface area contributed by atoms with Gasteiger partial charge in [0.2, 0.25) is 0 Å². The first-order valence-electron chi connectivity index (χ1n) is 7.74. The summed E-state index contributed by atoms with van der Waals surface area (Å²) in [7, 11) is -2.76. The highest BCUT2D eigenvalue weighted by molar-refractivity contribution is 7.92. The molecule has 1 N–H and O–H groups in total. The van der Waals surface area contributed by atoms with Crippen LogP contribution in [0.4, 0.5) is 10.1 Å². The van der Waals surface area contributed by atoms with Crippen molar-refractivity contribution in [3.05, 3.63) is 57.8 Å². The van der Waals surface area contributed by atoms with E-state index in [1.165, 1.54) is 35.4 Å². The predicted molar refractivity (Wildman–Crippen MR) is 99.5 cm³/mol. The quantitative estimate of drug-likeness (QED) is 0.653. The van der Waals surface area contributed by atoms with Crippen molar-refractivity contribution < 1.29 is 22.3 Å². The molecular weight excluding hydrogens is 393 g/mol. The summed E-state index contributed by atoms with van der Waals surface area (Å²) in [4.78, 5) is 11.5. The third kappa shape index (κ3) is 3.86. The van der Waals surface area contributed by atoms with Crippen LogP contribution < -0.4 is 4.72 Å². The van der Waals surface area contributed by atoms with Gasteiger partial charge in [0, 0.05) is 17.1 Å². The van der Waals surface area contributed by atoms with E-state index in [0.717, 1.165) is 28.8 Å². The van der Waals surface area contributed by atoms with Crippen molar-refractivity contribution in [2.45, 2.75) is 18.7 Å². The first-order valence-corrected chi connectivity index (χ1v) is 10.1. The Balaban J connectivity index is 1.87. The molecule has 0 saturated carbocycles. The first-order chi connectivity index (χ1) is 12.7. The number of halogens is 1. The summed E-state index contributed by atoms with van der Waals surface area (Å²) in [5.41, 5.74) is 1.78. The first kappa shape index (κ1) is 19.1. The molecule has 2 heterocycles. The Morgan fingerprint density at radius 1 is 1.26 bits per heavy atom. The predicted octanol–water partition coefficient (Wildman–Crippen LogP) is 3.28. The Kier molecular flexibility index (Phi) is 5.03. The number of benzene rings is 1. The molecule has 0 spiro atoms. The summed E-state index contributed by atoms with van der Waals surface area (Å²) in [5.74, 6) is -1.25. The van der Waals surface area contributed by atoms with Crippen LogP contribution in [-0.2, 0) is 14.8 Å². The maximum absolute atomic E-state index is 14.5. The van der Waals surface area contributed by atoms with Gasteiger partial charge in [0.1, 0.15) is 10.6 Å². The van der Waals surface area contributed by atoms with Crippen molar-refractivity contribution in [3.8, 4) is 5.69 Å². The largest absolute Gasteiger partial charge is 0.465 e. The van der Waals surface area contributed by atoms with E-state index in [-0.39, 0.29) is 21.1 Å². The maximum Gasteiger partial charge on any atom is 0.348 e. The highest BCUT2D eigenvalue weighted by atomic mass is 32.2. The van der Waals surface area contributed by atoms with E-state index in [0.29, 0.717) is 0 Å². The smallest absolute Gasteiger partial charge is 0.348 e. The minimum absolute atomic E-state index is 0.0589. The topological polar surface area (TPSA) is 90.3 Å². The van der Waals surface area contributed by atoms with Gasteiger partial charge in [0.15, 0.2) is 5.82 Å². The number of nitrogens with one attached hydrogen (secondary N) is 1. The summed E-state index contributed by atoms with van der Waals surface area (Å²) < 4.78 is 47.7. The molecule has 10 heteroatoms. The fourth-order valence-corrected chi connectivity index (χ4v) is 4.74. The molecular formula is C17H16FN3O4S2. The molecule has 0 fully saturated rings. The molecule has 0 aliphatic rings. The van der Waals surface area contributed by atoms with Gasteiger partial charge in [-0.2, -0.15) is 5.10 Å². The van der Waals surface area contributed by atoms with E-state index < -0.39 is 21.8 Å². The highest BCUT2D eigenvalue weighted by Crippen LogP contribution is 2.25. The summed E-state index contributed by atoms with van der Waals surface area (Å²) >= 11 is 0.947. The molecule has 0 aliphatic heterocycles. The number of methoxy groups -OCH3 is 1. The number of carbonyl (C=O) groups is 1. The Morgan fingerprint density at radius 2 is 2.00 bits per heavy atom. The van der Waals surface area contributed by atoms with Crippen LogP contribution in [0.1, 0.15) is 21.1 Å². The maximum atomic E-state index is 14.5. The molecule has 0 unspecified atom stereocenters. The number of rotatable bonds is 5. The van der Waals surface area contributed by atoms with Crippen LogP contribution >= 0.6 is 11.3 Å². The standard InChI is InChI=1S/C17H16FN3O4S2/c1-10-6-11(2)21(19-10)15-5-4-12(7-14(15)18)20-27(23,24)13-8-16(26-9-13)17(22)25-3/h4-9,20H,1-3H3. The molecule has 2 aromatic heterocycles. The van der Waals surface area contributed by atoms with Crippen molar-refractivity contribution in [2.75, 3.05) is 11.8 Å². The Morgan fingerprint density at radius 3 is 2.59 bits per heavy atom. The zero-order chi connectivity index (χ0) is 19.8. The van der Waals surface area contributed by atoms with Gasteiger partial charge >= 0.3 is 5.97 Å². The van der Waals surface area contributed by atoms with Gasteiger partial charge in [-0.25, -0.2) is 22.3 Å². The second-order valence-electron chi connectivity index (χ2n) is 5.75. The highest BCUT2D eigenvalue weighted by Gasteiger charge is 2.20. The van der Waals surface area contributed by atoms with E-state index in [1.807, 2.05) is 6.07 Å². The lowest BCUT2D eigenvalue weighted by Crippen LogP contribution is -2.13. The second-order valence-corrected chi connectivity index (χ2v) is 8.34. The Labute approximate surface area is 159 Å². The van der Waals surface area contributed by atoms with Gasteiger partial charge in [-0.3, -0.25) is 4.72 Å². The molecule has 0 amide bonds. The van der Waals surface area contributed by atoms with Crippen LogP contribution in [0.25, 0.3) is 5.69 Å². The molecule has 0 radical (unpaired) electrons. The third-order valence-corrected chi connectivity index (χ3v) is 6.13. The zero-order valence-electron chi connectivity index (χ0n) is 14.7. The molecule has 3 rings (SSSR count). The molecule has 0 atom stereocenters. The lowest BCUT2D eigenvalue weighted by molar-refractivity contribution is 0.0606. The molecule has 3 aromatic rings. The molecule has 142 valence electrons. The SMILES string of the molecule is COC(=O)c1cc(S(=O)(=O)Nc2ccc(-n3nc(C)cc3C)c(F)c2)cs1. The number of aryl methyl sites for hydroxylation is 2. The van der Waals surface area contributed by atoms with Gasteiger partial charge in [0.05, 0.1) is 23.4 Å². The van der Waals surface area contributed by atoms with Crippen LogP contribution in [-0.4, -0.2) is 31.3 Å². The van der Waals surface area contributed by atoms with Gasteiger partial charge in [-0.1, -0.05) is 0 Å². The number of carbonyl (C=O) groups excluding carboxylic acids is 1. The van der Waals surface area contributed by atoms with Gasteiger partial charge in [0.25, 0.3) is 10.0 Å². The Bertz CT molecular complexity index is 1120. The fraction of sp³-hybridized carbons (Fsp3) is 0.176. The number of aromatic nitrogens is 2. The van der Waals surface area contributed by atoms with E-state index >= 15 is 0 Å². The number of hydrogen-bond donors (Lipinski definition) is 1. The molecule has 0 saturated heterocycles. The molecule has 27 heavy (non-hydrogen) atoms. The van der Waals surface area contributed by atoms with Crippen LogP contribution in [0, 0.1) is 19.7 Å². The van der Waals surface area contributed by atoms with Gasteiger partial charge in [-0.05, 0) is 38.1 Å². The van der Waals surface area contributed by atoms with Crippen molar-refractivity contribution in [1.29, 1.82) is 0 Å². The second kappa shape index (κ2) is 7.12. The van der Waals surface area contributed by atoms with E-state index in [2.05, 4.69) is 14.6 Å². The van der Waals surface area contributed by atoms with Crippen molar-refractivity contribution in [1.82, 2.24) is 9.78 Å². The molecule has 1 aromatic carbocycles. The Hall–Kier alpha value is -2.72. The van der Waals surface area contributed by atoms with Crippen LogP contribution in [0.15, 0.2) is 40.6 Å². The molecule has 0 aliphatic carbocycles. The van der Waals surface area contributed by atoms with Gasteiger partial charge in [-0.15, -0.1) is 11.3 Å². The number of sulfonamides is 1. The number of nitrogens with zero attached hydrogens (tertiary/aromatic N) is 2. The number of esters is 1. The zero-order valence-corrected chi connectivity index (χ0v) is 16.3. The average Bonchev–Trinajstić information content (AvgIpc) is 3.21. The van der Waals surface area contributed by atoms with Gasteiger partial charge < -0.3 is 4.74 Å². The lowest BCUT2D eigenvalue weighted by atomic mass is 10.2.